The van der Waals surface area contributed by atoms with Gasteiger partial charge in [0.05, 0.1) is 6.67 Å². The molecular formula is C13H17BrFN. The summed E-state index contributed by atoms with van der Waals surface area (Å²) in [7, 11) is 0. The Labute approximate surface area is 105 Å². The van der Waals surface area contributed by atoms with Crippen molar-refractivity contribution in [1.29, 1.82) is 0 Å². The Hall–Kier alpha value is -0.410. The zero-order valence-electron chi connectivity index (χ0n) is 9.31. The molecule has 0 saturated carbocycles. The van der Waals surface area contributed by atoms with Crippen LogP contribution >= 0.6 is 15.9 Å². The average molecular weight is 286 g/mol. The van der Waals surface area contributed by atoms with Gasteiger partial charge in [0, 0.05) is 10.5 Å². The van der Waals surface area contributed by atoms with Crippen LogP contribution in [0.4, 0.5) is 4.39 Å². The highest BCUT2D eigenvalue weighted by Gasteiger charge is 2.19. The molecule has 1 aromatic rings. The lowest BCUT2D eigenvalue weighted by atomic mass is 9.88. The lowest BCUT2D eigenvalue weighted by molar-refractivity contribution is 0.416. The minimum atomic E-state index is -0.231. The summed E-state index contributed by atoms with van der Waals surface area (Å²) >= 11 is 3.51. The first-order valence-electron chi connectivity index (χ1n) is 5.89. The molecule has 1 N–H and O–H groups in total. The van der Waals surface area contributed by atoms with Crippen LogP contribution in [0.5, 0.6) is 0 Å². The van der Waals surface area contributed by atoms with Gasteiger partial charge in [0.25, 0.3) is 0 Å². The largest absolute Gasteiger partial charge is 0.310 e. The number of nitrogens with one attached hydrogen (secondary N) is 1. The number of fused-ring (bicyclic) bond motifs is 1. The number of aryl methyl sites for hydroxylation is 1. The Bertz CT molecular complexity index is 354. The van der Waals surface area contributed by atoms with Gasteiger partial charge in [0.1, 0.15) is 0 Å². The van der Waals surface area contributed by atoms with E-state index >= 15 is 0 Å². The van der Waals surface area contributed by atoms with Crippen molar-refractivity contribution in [3.05, 3.63) is 33.8 Å². The molecule has 1 unspecified atom stereocenters. The molecule has 1 aliphatic rings. The fraction of sp³-hybridized carbons (Fsp3) is 0.538. The SMILES string of the molecule is FCCCNC1CCCc2ccc(Br)cc21. The van der Waals surface area contributed by atoms with Crippen LogP contribution in [0.2, 0.25) is 0 Å². The quantitative estimate of drug-likeness (QED) is 0.831. The summed E-state index contributed by atoms with van der Waals surface area (Å²) in [5, 5.41) is 3.45. The van der Waals surface area contributed by atoms with Gasteiger partial charge in [0.15, 0.2) is 0 Å². The predicted molar refractivity (Wildman–Crippen MR) is 68.4 cm³/mol. The minimum absolute atomic E-state index is 0.231. The van der Waals surface area contributed by atoms with Crippen LogP contribution in [0.25, 0.3) is 0 Å². The average Bonchev–Trinajstić information content (AvgIpc) is 2.30. The molecule has 3 heteroatoms. The van der Waals surface area contributed by atoms with Crippen molar-refractivity contribution in [2.45, 2.75) is 31.7 Å². The summed E-state index contributed by atoms with van der Waals surface area (Å²) in [5.41, 5.74) is 2.83. The van der Waals surface area contributed by atoms with Crippen molar-refractivity contribution in [3.8, 4) is 0 Å². The molecule has 1 atom stereocenters. The van der Waals surface area contributed by atoms with Crippen LogP contribution in [0.15, 0.2) is 22.7 Å². The number of halogens is 2. The van der Waals surface area contributed by atoms with Crippen LogP contribution in [-0.4, -0.2) is 13.2 Å². The second-order valence-electron chi connectivity index (χ2n) is 4.28. The van der Waals surface area contributed by atoms with E-state index in [1.165, 1.54) is 24.0 Å². The maximum absolute atomic E-state index is 12.1. The molecule has 0 spiro atoms. The van der Waals surface area contributed by atoms with E-state index in [1.54, 1.807) is 0 Å². The fourth-order valence-corrected chi connectivity index (χ4v) is 2.70. The zero-order valence-corrected chi connectivity index (χ0v) is 10.9. The lowest BCUT2D eigenvalue weighted by Crippen LogP contribution is -2.26. The van der Waals surface area contributed by atoms with E-state index in [-0.39, 0.29) is 6.67 Å². The van der Waals surface area contributed by atoms with E-state index in [4.69, 9.17) is 0 Å². The van der Waals surface area contributed by atoms with Gasteiger partial charge >= 0.3 is 0 Å². The summed E-state index contributed by atoms with van der Waals surface area (Å²) in [5.74, 6) is 0. The number of hydrogen-bond acceptors (Lipinski definition) is 1. The van der Waals surface area contributed by atoms with Crippen molar-refractivity contribution in [2.24, 2.45) is 0 Å². The first kappa shape index (κ1) is 12.1. The molecule has 1 aliphatic carbocycles. The molecule has 88 valence electrons. The number of rotatable bonds is 4. The van der Waals surface area contributed by atoms with Crippen molar-refractivity contribution in [2.75, 3.05) is 13.2 Å². The van der Waals surface area contributed by atoms with Gasteiger partial charge < -0.3 is 5.32 Å². The van der Waals surface area contributed by atoms with Gasteiger partial charge in [-0.25, -0.2) is 0 Å². The fourth-order valence-electron chi connectivity index (χ4n) is 2.33. The summed E-state index contributed by atoms with van der Waals surface area (Å²) in [4.78, 5) is 0. The molecule has 0 amide bonds. The normalized spacial score (nSPS) is 19.5. The van der Waals surface area contributed by atoms with Crippen LogP contribution in [0, 0.1) is 0 Å². The monoisotopic (exact) mass is 285 g/mol. The Kier molecular flexibility index (Phi) is 4.36. The summed E-state index contributed by atoms with van der Waals surface area (Å²) in [6, 6.07) is 6.90. The van der Waals surface area contributed by atoms with E-state index in [0.29, 0.717) is 12.5 Å². The Morgan fingerprint density at radius 2 is 2.31 bits per heavy atom. The Balaban J connectivity index is 2.09. The zero-order chi connectivity index (χ0) is 11.4. The molecule has 0 aliphatic heterocycles. The first-order chi connectivity index (χ1) is 7.81. The van der Waals surface area contributed by atoms with E-state index < -0.39 is 0 Å². The predicted octanol–water partition coefficient (Wildman–Crippen LogP) is 3.78. The molecule has 0 fully saturated rings. The molecule has 16 heavy (non-hydrogen) atoms. The summed E-state index contributed by atoms with van der Waals surface area (Å²) in [6.07, 6.45) is 4.17. The van der Waals surface area contributed by atoms with Crippen molar-refractivity contribution >= 4 is 15.9 Å². The third kappa shape index (κ3) is 2.83. The number of alkyl halides is 1. The molecule has 1 nitrogen and oxygen atoms in total. The topological polar surface area (TPSA) is 12.0 Å². The van der Waals surface area contributed by atoms with Crippen LogP contribution in [0.1, 0.15) is 36.4 Å². The van der Waals surface area contributed by atoms with E-state index in [0.717, 1.165) is 17.4 Å². The third-order valence-electron chi connectivity index (χ3n) is 3.12. The van der Waals surface area contributed by atoms with Gasteiger partial charge in [-0.2, -0.15) is 0 Å². The molecule has 0 aromatic heterocycles. The van der Waals surface area contributed by atoms with E-state index in [1.807, 2.05) is 0 Å². The van der Waals surface area contributed by atoms with Crippen LogP contribution in [0.3, 0.4) is 0 Å². The minimum Gasteiger partial charge on any atom is -0.310 e. The number of benzene rings is 1. The highest BCUT2D eigenvalue weighted by atomic mass is 79.9. The van der Waals surface area contributed by atoms with E-state index in [9.17, 15) is 4.39 Å². The van der Waals surface area contributed by atoms with Crippen LogP contribution in [-0.2, 0) is 6.42 Å². The Morgan fingerprint density at radius 3 is 3.12 bits per heavy atom. The second-order valence-corrected chi connectivity index (χ2v) is 5.20. The molecule has 0 heterocycles. The molecule has 1 aromatic carbocycles. The van der Waals surface area contributed by atoms with Crippen molar-refractivity contribution in [3.63, 3.8) is 0 Å². The van der Waals surface area contributed by atoms with Gasteiger partial charge in [-0.3, -0.25) is 4.39 Å². The molecule has 0 bridgehead atoms. The van der Waals surface area contributed by atoms with Gasteiger partial charge in [-0.1, -0.05) is 22.0 Å². The van der Waals surface area contributed by atoms with Gasteiger partial charge in [-0.15, -0.1) is 0 Å². The third-order valence-corrected chi connectivity index (χ3v) is 3.62. The smallest absolute Gasteiger partial charge is 0.0906 e. The maximum Gasteiger partial charge on any atom is 0.0906 e. The molecule has 0 saturated heterocycles. The molecule has 0 radical (unpaired) electrons. The molecular weight excluding hydrogens is 269 g/mol. The molecule has 2 rings (SSSR count). The van der Waals surface area contributed by atoms with E-state index in [2.05, 4.69) is 39.4 Å². The highest BCUT2D eigenvalue weighted by molar-refractivity contribution is 9.10. The standard InChI is InChI=1S/C13H17BrFN/c14-11-6-5-10-3-1-4-13(12(10)9-11)16-8-2-7-15/h5-6,9,13,16H,1-4,7-8H2. The number of hydrogen-bond donors (Lipinski definition) is 1. The second kappa shape index (κ2) is 5.78. The van der Waals surface area contributed by atoms with Crippen LogP contribution < -0.4 is 5.32 Å². The Morgan fingerprint density at radius 1 is 1.44 bits per heavy atom. The van der Waals surface area contributed by atoms with Crippen molar-refractivity contribution in [1.82, 2.24) is 5.32 Å². The summed E-state index contributed by atoms with van der Waals surface area (Å²) in [6.45, 7) is 0.540. The summed E-state index contributed by atoms with van der Waals surface area (Å²) < 4.78 is 13.2. The van der Waals surface area contributed by atoms with Gasteiger partial charge in [-0.05, 0) is 55.5 Å². The van der Waals surface area contributed by atoms with Crippen molar-refractivity contribution < 1.29 is 4.39 Å². The highest BCUT2D eigenvalue weighted by Crippen LogP contribution is 2.31. The lowest BCUT2D eigenvalue weighted by Gasteiger charge is -2.26. The first-order valence-corrected chi connectivity index (χ1v) is 6.68. The van der Waals surface area contributed by atoms with Gasteiger partial charge in [0.2, 0.25) is 0 Å². The maximum atomic E-state index is 12.1.